The van der Waals surface area contributed by atoms with Crippen LogP contribution >= 0.6 is 0 Å². The molecule has 4 heteroatoms. The first kappa shape index (κ1) is 11.2. The summed E-state index contributed by atoms with van der Waals surface area (Å²) < 4.78 is 0. The molecule has 0 spiro atoms. The summed E-state index contributed by atoms with van der Waals surface area (Å²) in [6.07, 6.45) is 2.93. The van der Waals surface area contributed by atoms with Crippen molar-refractivity contribution in [3.05, 3.63) is 29.6 Å². The van der Waals surface area contributed by atoms with Gasteiger partial charge in [0.05, 0.1) is 11.1 Å². The smallest absolute Gasteiger partial charge is 0.256 e. The van der Waals surface area contributed by atoms with E-state index in [1.807, 2.05) is 19.9 Å². The maximum absolute atomic E-state index is 11.9. The molecule has 1 heterocycles. The van der Waals surface area contributed by atoms with E-state index < -0.39 is 0 Å². The van der Waals surface area contributed by atoms with E-state index in [1.165, 1.54) is 12.4 Å². The van der Waals surface area contributed by atoms with Crippen molar-refractivity contribution >= 4 is 5.91 Å². The van der Waals surface area contributed by atoms with Gasteiger partial charge in [-0.25, -0.2) is 0 Å². The monoisotopic (exact) mass is 203 g/mol. The van der Waals surface area contributed by atoms with Gasteiger partial charge in [0.2, 0.25) is 0 Å². The molecule has 0 unspecified atom stereocenters. The Kier molecular flexibility index (Phi) is 3.40. The molecule has 0 aliphatic carbocycles. The van der Waals surface area contributed by atoms with Gasteiger partial charge < -0.3 is 4.90 Å². The van der Waals surface area contributed by atoms with Crippen LogP contribution in [0.2, 0.25) is 0 Å². The number of aromatic nitrogens is 1. The Labute approximate surface area is 89.2 Å². The average Bonchev–Trinajstić information content (AvgIpc) is 2.26. The fourth-order valence-corrected chi connectivity index (χ4v) is 1.09. The summed E-state index contributed by atoms with van der Waals surface area (Å²) in [5, 5.41) is 8.84. The van der Waals surface area contributed by atoms with E-state index in [0.717, 1.165) is 0 Å². The number of rotatable bonds is 2. The zero-order valence-corrected chi connectivity index (χ0v) is 9.06. The lowest BCUT2D eigenvalue weighted by Crippen LogP contribution is -2.33. The third-order valence-corrected chi connectivity index (χ3v) is 2.27. The predicted octanol–water partition coefficient (Wildman–Crippen LogP) is 1.43. The molecular formula is C11H13N3O. The van der Waals surface area contributed by atoms with Gasteiger partial charge in [-0.2, -0.15) is 5.26 Å². The van der Waals surface area contributed by atoms with Gasteiger partial charge in [0.1, 0.15) is 6.07 Å². The average molecular weight is 203 g/mol. The van der Waals surface area contributed by atoms with E-state index in [9.17, 15) is 4.79 Å². The highest BCUT2D eigenvalue weighted by molar-refractivity contribution is 5.96. The molecule has 1 aromatic rings. The van der Waals surface area contributed by atoms with Crippen LogP contribution in [0.1, 0.15) is 29.8 Å². The SMILES string of the molecule is CC(C)N(C)C(=O)c1cnccc1C#N. The number of pyridine rings is 1. The van der Waals surface area contributed by atoms with Crippen molar-refractivity contribution in [3.63, 3.8) is 0 Å². The summed E-state index contributed by atoms with van der Waals surface area (Å²) in [6, 6.07) is 3.63. The van der Waals surface area contributed by atoms with Crippen LogP contribution in [0.15, 0.2) is 18.5 Å². The standard InChI is InChI=1S/C11H13N3O/c1-8(2)14(3)11(15)10-7-13-5-4-9(10)6-12/h4-5,7-8H,1-3H3. The molecule has 0 N–H and O–H groups in total. The third kappa shape index (κ3) is 2.32. The van der Waals surface area contributed by atoms with Gasteiger partial charge in [-0.05, 0) is 19.9 Å². The molecule has 0 fully saturated rings. The van der Waals surface area contributed by atoms with Gasteiger partial charge in [0, 0.05) is 25.5 Å². The zero-order valence-electron chi connectivity index (χ0n) is 9.06. The highest BCUT2D eigenvalue weighted by Gasteiger charge is 2.17. The lowest BCUT2D eigenvalue weighted by Gasteiger charge is -2.21. The van der Waals surface area contributed by atoms with Crippen LogP contribution in [0, 0.1) is 11.3 Å². The second-order valence-electron chi connectivity index (χ2n) is 3.54. The van der Waals surface area contributed by atoms with Crippen LogP contribution in [0.25, 0.3) is 0 Å². The van der Waals surface area contributed by atoms with Crippen molar-refractivity contribution in [1.29, 1.82) is 5.26 Å². The molecule has 1 amide bonds. The van der Waals surface area contributed by atoms with Crippen LogP contribution in [0.3, 0.4) is 0 Å². The second-order valence-corrected chi connectivity index (χ2v) is 3.54. The summed E-state index contributed by atoms with van der Waals surface area (Å²) in [4.78, 5) is 17.3. The summed E-state index contributed by atoms with van der Waals surface area (Å²) >= 11 is 0. The van der Waals surface area contributed by atoms with Crippen LogP contribution in [0.5, 0.6) is 0 Å². The van der Waals surface area contributed by atoms with Crippen molar-refractivity contribution in [3.8, 4) is 6.07 Å². The normalized spacial score (nSPS) is 9.80. The van der Waals surface area contributed by atoms with E-state index in [1.54, 1.807) is 18.0 Å². The number of hydrogen-bond donors (Lipinski definition) is 0. The molecule has 15 heavy (non-hydrogen) atoms. The maximum Gasteiger partial charge on any atom is 0.256 e. The van der Waals surface area contributed by atoms with E-state index >= 15 is 0 Å². The zero-order chi connectivity index (χ0) is 11.4. The molecule has 1 rings (SSSR count). The molecule has 0 saturated carbocycles. The Morgan fingerprint density at radius 1 is 1.60 bits per heavy atom. The molecule has 4 nitrogen and oxygen atoms in total. The van der Waals surface area contributed by atoms with Gasteiger partial charge in [0.15, 0.2) is 0 Å². The number of carbonyl (C=O) groups excluding carboxylic acids is 1. The van der Waals surface area contributed by atoms with Gasteiger partial charge in [0.25, 0.3) is 5.91 Å². The highest BCUT2D eigenvalue weighted by Crippen LogP contribution is 2.09. The number of amides is 1. The van der Waals surface area contributed by atoms with Crippen molar-refractivity contribution in [1.82, 2.24) is 9.88 Å². The molecule has 0 aliphatic heterocycles. The molecule has 0 radical (unpaired) electrons. The quantitative estimate of drug-likeness (QED) is 0.730. The Balaban J connectivity index is 3.07. The molecule has 0 atom stereocenters. The van der Waals surface area contributed by atoms with Crippen molar-refractivity contribution in [2.75, 3.05) is 7.05 Å². The highest BCUT2D eigenvalue weighted by atomic mass is 16.2. The summed E-state index contributed by atoms with van der Waals surface area (Å²) in [5.74, 6) is -0.172. The Bertz CT molecular complexity index is 407. The molecule has 0 saturated heterocycles. The Hall–Kier alpha value is -1.89. The summed E-state index contributed by atoms with van der Waals surface area (Å²) in [5.41, 5.74) is 0.721. The molecule has 0 aromatic carbocycles. The lowest BCUT2D eigenvalue weighted by molar-refractivity contribution is 0.0754. The minimum Gasteiger partial charge on any atom is -0.339 e. The Morgan fingerprint density at radius 3 is 2.80 bits per heavy atom. The first-order valence-electron chi connectivity index (χ1n) is 4.69. The van der Waals surface area contributed by atoms with Crippen LogP contribution < -0.4 is 0 Å². The largest absolute Gasteiger partial charge is 0.339 e. The fraction of sp³-hybridized carbons (Fsp3) is 0.364. The van der Waals surface area contributed by atoms with Crippen LogP contribution in [-0.4, -0.2) is 28.9 Å². The first-order chi connectivity index (χ1) is 7.07. The van der Waals surface area contributed by atoms with Gasteiger partial charge in [-0.1, -0.05) is 0 Å². The topological polar surface area (TPSA) is 57.0 Å². The number of nitrogens with zero attached hydrogens (tertiary/aromatic N) is 3. The number of carbonyl (C=O) groups is 1. The van der Waals surface area contributed by atoms with Crippen LogP contribution in [0.4, 0.5) is 0 Å². The van der Waals surface area contributed by atoms with Crippen molar-refractivity contribution in [2.45, 2.75) is 19.9 Å². The first-order valence-corrected chi connectivity index (χ1v) is 4.69. The fourth-order valence-electron chi connectivity index (χ4n) is 1.09. The van der Waals surface area contributed by atoms with Crippen molar-refractivity contribution in [2.24, 2.45) is 0 Å². The molecule has 1 aromatic heterocycles. The molecule has 78 valence electrons. The van der Waals surface area contributed by atoms with Gasteiger partial charge in [-0.15, -0.1) is 0 Å². The molecular weight excluding hydrogens is 190 g/mol. The molecule has 0 aliphatic rings. The minimum atomic E-state index is -0.172. The van der Waals surface area contributed by atoms with Gasteiger partial charge in [-0.3, -0.25) is 9.78 Å². The minimum absolute atomic E-state index is 0.101. The van der Waals surface area contributed by atoms with E-state index in [2.05, 4.69) is 4.98 Å². The van der Waals surface area contributed by atoms with E-state index in [4.69, 9.17) is 5.26 Å². The number of nitriles is 1. The number of hydrogen-bond acceptors (Lipinski definition) is 3. The van der Waals surface area contributed by atoms with E-state index in [0.29, 0.717) is 11.1 Å². The second kappa shape index (κ2) is 4.56. The Morgan fingerprint density at radius 2 is 2.27 bits per heavy atom. The maximum atomic E-state index is 11.9. The predicted molar refractivity (Wildman–Crippen MR) is 56.2 cm³/mol. The summed E-state index contributed by atoms with van der Waals surface area (Å²) in [7, 11) is 1.71. The van der Waals surface area contributed by atoms with Crippen molar-refractivity contribution < 1.29 is 4.79 Å². The summed E-state index contributed by atoms with van der Waals surface area (Å²) in [6.45, 7) is 3.83. The molecule has 0 bridgehead atoms. The van der Waals surface area contributed by atoms with Gasteiger partial charge >= 0.3 is 0 Å². The van der Waals surface area contributed by atoms with Crippen LogP contribution in [-0.2, 0) is 0 Å². The third-order valence-electron chi connectivity index (χ3n) is 2.27. The lowest BCUT2D eigenvalue weighted by atomic mass is 10.1. The van der Waals surface area contributed by atoms with E-state index in [-0.39, 0.29) is 11.9 Å².